The van der Waals surface area contributed by atoms with E-state index in [1.165, 1.54) is 23.9 Å². The first kappa shape index (κ1) is 18.1. The van der Waals surface area contributed by atoms with Crippen molar-refractivity contribution in [1.29, 1.82) is 0 Å². The molecule has 0 aliphatic rings. The van der Waals surface area contributed by atoms with E-state index in [4.69, 9.17) is 0 Å². The highest BCUT2D eigenvalue weighted by molar-refractivity contribution is 8.00. The van der Waals surface area contributed by atoms with Gasteiger partial charge in [0.05, 0.1) is 16.6 Å². The van der Waals surface area contributed by atoms with Crippen LogP contribution in [0.2, 0.25) is 0 Å². The molecule has 1 aromatic heterocycles. The van der Waals surface area contributed by atoms with Gasteiger partial charge in [-0.15, -0.1) is 0 Å². The number of rotatable bonds is 5. The quantitative estimate of drug-likeness (QED) is 0.524. The summed E-state index contributed by atoms with van der Waals surface area (Å²) in [5, 5.41) is 2.64. The number of thioether (sulfide) groups is 1. The van der Waals surface area contributed by atoms with Gasteiger partial charge in [-0.3, -0.25) is 4.79 Å². The number of anilines is 1. The van der Waals surface area contributed by atoms with Crippen LogP contribution in [-0.2, 0) is 4.79 Å². The van der Waals surface area contributed by atoms with Crippen molar-refractivity contribution >= 4 is 23.4 Å². The first-order valence-corrected chi connectivity index (χ1v) is 9.04. The Hall–Kier alpha value is -2.73. The number of hydrogen-bond donors (Lipinski definition) is 1. The number of para-hydroxylation sites is 1. The van der Waals surface area contributed by atoms with Crippen molar-refractivity contribution < 1.29 is 9.18 Å². The SMILES string of the molecule is Cc1cc(-c2ccccc2)nc(S[C@H](C)C(=O)Nc2ccccc2F)n1. The fourth-order valence-electron chi connectivity index (χ4n) is 2.36. The fourth-order valence-corrected chi connectivity index (χ4v) is 3.19. The summed E-state index contributed by atoms with van der Waals surface area (Å²) in [4.78, 5) is 21.3. The van der Waals surface area contributed by atoms with Crippen LogP contribution >= 0.6 is 11.8 Å². The molecular weight excluding hydrogens is 349 g/mol. The molecule has 0 unspecified atom stereocenters. The van der Waals surface area contributed by atoms with Crippen LogP contribution in [0.5, 0.6) is 0 Å². The summed E-state index contributed by atoms with van der Waals surface area (Å²) < 4.78 is 13.7. The molecule has 2 aromatic carbocycles. The number of aromatic nitrogens is 2. The van der Waals surface area contributed by atoms with Crippen LogP contribution in [0.3, 0.4) is 0 Å². The smallest absolute Gasteiger partial charge is 0.237 e. The van der Waals surface area contributed by atoms with Gasteiger partial charge in [-0.25, -0.2) is 14.4 Å². The molecule has 4 nitrogen and oxygen atoms in total. The highest BCUT2D eigenvalue weighted by Gasteiger charge is 2.18. The summed E-state index contributed by atoms with van der Waals surface area (Å²) in [6.45, 7) is 3.64. The van der Waals surface area contributed by atoms with Gasteiger partial charge in [0.15, 0.2) is 5.16 Å². The topological polar surface area (TPSA) is 54.9 Å². The zero-order valence-corrected chi connectivity index (χ0v) is 15.3. The normalized spacial score (nSPS) is 11.8. The lowest BCUT2D eigenvalue weighted by molar-refractivity contribution is -0.115. The van der Waals surface area contributed by atoms with Crippen molar-refractivity contribution in [1.82, 2.24) is 9.97 Å². The molecule has 0 radical (unpaired) electrons. The zero-order valence-electron chi connectivity index (χ0n) is 14.4. The molecule has 0 aliphatic heterocycles. The molecule has 0 spiro atoms. The summed E-state index contributed by atoms with van der Waals surface area (Å²) in [6.07, 6.45) is 0. The highest BCUT2D eigenvalue weighted by atomic mass is 32.2. The number of amides is 1. The molecule has 132 valence electrons. The van der Waals surface area contributed by atoms with Crippen molar-refractivity contribution in [2.24, 2.45) is 0 Å². The number of aryl methyl sites for hydroxylation is 1. The van der Waals surface area contributed by atoms with Gasteiger partial charge in [-0.1, -0.05) is 54.2 Å². The highest BCUT2D eigenvalue weighted by Crippen LogP contribution is 2.25. The third-order valence-electron chi connectivity index (χ3n) is 3.69. The molecule has 3 aromatic rings. The van der Waals surface area contributed by atoms with Gasteiger partial charge in [-0.05, 0) is 32.0 Å². The molecule has 0 saturated carbocycles. The Morgan fingerprint density at radius 1 is 1.08 bits per heavy atom. The predicted molar refractivity (Wildman–Crippen MR) is 103 cm³/mol. The molecule has 6 heteroatoms. The average Bonchev–Trinajstić information content (AvgIpc) is 2.64. The lowest BCUT2D eigenvalue weighted by atomic mass is 10.1. The number of nitrogens with one attached hydrogen (secondary N) is 1. The number of halogens is 1. The third-order valence-corrected chi connectivity index (χ3v) is 4.65. The van der Waals surface area contributed by atoms with Gasteiger partial charge >= 0.3 is 0 Å². The Balaban J connectivity index is 1.75. The summed E-state index contributed by atoms with van der Waals surface area (Å²) in [5.41, 5.74) is 2.79. The maximum absolute atomic E-state index is 13.7. The molecule has 1 amide bonds. The van der Waals surface area contributed by atoms with Crippen LogP contribution < -0.4 is 5.32 Å². The van der Waals surface area contributed by atoms with Gasteiger partial charge < -0.3 is 5.32 Å². The van der Waals surface area contributed by atoms with E-state index < -0.39 is 11.1 Å². The summed E-state index contributed by atoms with van der Waals surface area (Å²) in [7, 11) is 0. The second kappa shape index (κ2) is 8.10. The largest absolute Gasteiger partial charge is 0.323 e. The van der Waals surface area contributed by atoms with Gasteiger partial charge in [0.2, 0.25) is 5.91 Å². The lowest BCUT2D eigenvalue weighted by Crippen LogP contribution is -2.23. The summed E-state index contributed by atoms with van der Waals surface area (Å²) in [5.74, 6) is -0.761. The van der Waals surface area contributed by atoms with Gasteiger partial charge in [0.1, 0.15) is 5.82 Å². The molecule has 0 bridgehead atoms. The van der Waals surface area contributed by atoms with Crippen molar-refractivity contribution in [3.63, 3.8) is 0 Å². The molecule has 0 saturated heterocycles. The number of hydrogen-bond acceptors (Lipinski definition) is 4. The average molecular weight is 367 g/mol. The standard InChI is InChI=1S/C20H18FN3OS/c1-13-12-18(15-8-4-3-5-9-15)24-20(22-13)26-14(2)19(25)23-17-11-7-6-10-16(17)21/h3-12,14H,1-2H3,(H,23,25)/t14-/m1/s1. The first-order chi connectivity index (χ1) is 12.5. The van der Waals surface area contributed by atoms with Crippen LogP contribution in [0.15, 0.2) is 65.8 Å². The Morgan fingerprint density at radius 3 is 2.50 bits per heavy atom. The second-order valence-electron chi connectivity index (χ2n) is 5.77. The second-order valence-corrected chi connectivity index (χ2v) is 7.08. The van der Waals surface area contributed by atoms with E-state index in [0.717, 1.165) is 17.0 Å². The van der Waals surface area contributed by atoms with Crippen LogP contribution in [-0.4, -0.2) is 21.1 Å². The van der Waals surface area contributed by atoms with E-state index in [-0.39, 0.29) is 11.6 Å². The predicted octanol–water partition coefficient (Wildman–Crippen LogP) is 4.71. The number of carbonyl (C=O) groups is 1. The number of nitrogens with zero attached hydrogens (tertiary/aromatic N) is 2. The van der Waals surface area contributed by atoms with Crippen molar-refractivity contribution in [2.45, 2.75) is 24.3 Å². The molecular formula is C20H18FN3OS. The van der Waals surface area contributed by atoms with Crippen molar-refractivity contribution in [3.05, 3.63) is 72.2 Å². The van der Waals surface area contributed by atoms with Gasteiger partial charge in [0.25, 0.3) is 0 Å². The van der Waals surface area contributed by atoms with Crippen LogP contribution in [0.1, 0.15) is 12.6 Å². The summed E-state index contributed by atoms with van der Waals surface area (Å²) >= 11 is 1.24. The van der Waals surface area contributed by atoms with E-state index in [1.54, 1.807) is 19.1 Å². The van der Waals surface area contributed by atoms with Crippen molar-refractivity contribution in [2.75, 3.05) is 5.32 Å². The molecule has 26 heavy (non-hydrogen) atoms. The Morgan fingerprint density at radius 2 is 1.77 bits per heavy atom. The zero-order chi connectivity index (χ0) is 18.5. The van der Waals surface area contributed by atoms with E-state index >= 15 is 0 Å². The molecule has 1 N–H and O–H groups in total. The number of carbonyl (C=O) groups excluding carboxylic acids is 1. The minimum Gasteiger partial charge on any atom is -0.323 e. The summed E-state index contributed by atoms with van der Waals surface area (Å²) in [6, 6.07) is 17.8. The molecule has 1 atom stereocenters. The molecule has 0 fully saturated rings. The van der Waals surface area contributed by atoms with Crippen LogP contribution in [0.25, 0.3) is 11.3 Å². The maximum atomic E-state index is 13.7. The van der Waals surface area contributed by atoms with E-state index in [9.17, 15) is 9.18 Å². The Kier molecular flexibility index (Phi) is 5.63. The van der Waals surface area contributed by atoms with Crippen LogP contribution in [0, 0.1) is 12.7 Å². The van der Waals surface area contributed by atoms with Gasteiger partial charge in [0, 0.05) is 11.3 Å². The van der Waals surface area contributed by atoms with Crippen LogP contribution in [0.4, 0.5) is 10.1 Å². The first-order valence-electron chi connectivity index (χ1n) is 8.16. The number of benzene rings is 2. The Labute approximate surface area is 155 Å². The Bertz CT molecular complexity index is 918. The fraction of sp³-hybridized carbons (Fsp3) is 0.150. The molecule has 1 heterocycles. The van der Waals surface area contributed by atoms with Gasteiger partial charge in [-0.2, -0.15) is 0 Å². The molecule has 0 aliphatic carbocycles. The maximum Gasteiger partial charge on any atom is 0.237 e. The van der Waals surface area contributed by atoms with E-state index in [1.807, 2.05) is 43.3 Å². The third kappa shape index (κ3) is 4.46. The van der Waals surface area contributed by atoms with E-state index in [2.05, 4.69) is 15.3 Å². The van der Waals surface area contributed by atoms with E-state index in [0.29, 0.717) is 5.16 Å². The monoisotopic (exact) mass is 367 g/mol. The minimum atomic E-state index is -0.472. The van der Waals surface area contributed by atoms with Crippen molar-refractivity contribution in [3.8, 4) is 11.3 Å². The minimum absolute atomic E-state index is 0.167. The lowest BCUT2D eigenvalue weighted by Gasteiger charge is -2.12. The molecule has 3 rings (SSSR count).